The van der Waals surface area contributed by atoms with Crippen LogP contribution in [0, 0.1) is 11.8 Å². The second-order valence-corrected chi connectivity index (χ2v) is 9.18. The number of rotatable bonds is 4. The van der Waals surface area contributed by atoms with Crippen LogP contribution in [0.25, 0.3) is 10.8 Å². The summed E-state index contributed by atoms with van der Waals surface area (Å²) in [4.78, 5) is 26.5. The highest BCUT2D eigenvalue weighted by Crippen LogP contribution is 2.39. The van der Waals surface area contributed by atoms with Crippen LogP contribution >= 0.6 is 0 Å². The molecule has 2 aromatic carbocycles. The van der Waals surface area contributed by atoms with Crippen molar-refractivity contribution < 1.29 is 9.59 Å². The highest BCUT2D eigenvalue weighted by atomic mass is 16.1. The molecular weight excluding hydrogens is 344 g/mol. The van der Waals surface area contributed by atoms with Crippen molar-refractivity contribution >= 4 is 22.3 Å². The summed E-state index contributed by atoms with van der Waals surface area (Å²) < 4.78 is 0. The summed E-state index contributed by atoms with van der Waals surface area (Å²) in [6.45, 7) is 0. The van der Waals surface area contributed by atoms with Crippen LogP contribution < -0.4 is 0 Å². The number of carbonyl (C=O) groups is 2. The summed E-state index contributed by atoms with van der Waals surface area (Å²) in [6.07, 6.45) is 13.4. The molecule has 0 unspecified atom stereocenters. The van der Waals surface area contributed by atoms with Crippen LogP contribution in [0.5, 0.6) is 0 Å². The van der Waals surface area contributed by atoms with Gasteiger partial charge in [0.25, 0.3) is 0 Å². The molecule has 0 atom stereocenters. The highest BCUT2D eigenvalue weighted by molar-refractivity contribution is 6.13. The van der Waals surface area contributed by atoms with Gasteiger partial charge in [0.15, 0.2) is 11.6 Å². The smallest absolute Gasteiger partial charge is 0.166 e. The molecule has 3 aliphatic carbocycles. The Hall–Kier alpha value is -1.96. The molecule has 146 valence electrons. The highest BCUT2D eigenvalue weighted by Gasteiger charge is 2.30. The van der Waals surface area contributed by atoms with E-state index in [2.05, 4.69) is 18.2 Å². The summed E-state index contributed by atoms with van der Waals surface area (Å²) in [7, 11) is 0. The van der Waals surface area contributed by atoms with Gasteiger partial charge in [0.1, 0.15) is 0 Å². The maximum atomic E-state index is 13.3. The molecule has 0 aromatic heterocycles. The summed E-state index contributed by atoms with van der Waals surface area (Å²) in [5, 5.41) is 2.32. The molecule has 0 heterocycles. The number of carbonyl (C=O) groups excluding carboxylic acids is 2. The van der Waals surface area contributed by atoms with Crippen LogP contribution in [0.2, 0.25) is 0 Å². The Labute approximate surface area is 167 Å². The molecule has 0 radical (unpaired) electrons. The van der Waals surface area contributed by atoms with E-state index in [1.807, 2.05) is 6.07 Å². The molecule has 2 heteroatoms. The van der Waals surface area contributed by atoms with E-state index in [1.54, 1.807) is 0 Å². The van der Waals surface area contributed by atoms with Crippen LogP contribution in [0.15, 0.2) is 24.3 Å². The Kier molecular flexibility index (Phi) is 4.82. The van der Waals surface area contributed by atoms with Gasteiger partial charge in [-0.3, -0.25) is 9.59 Å². The first-order chi connectivity index (χ1) is 13.7. The Morgan fingerprint density at radius 2 is 1.21 bits per heavy atom. The van der Waals surface area contributed by atoms with Crippen molar-refractivity contribution in [3.63, 3.8) is 0 Å². The van der Waals surface area contributed by atoms with Gasteiger partial charge in [0, 0.05) is 23.0 Å². The predicted octanol–water partition coefficient (Wildman–Crippen LogP) is 6.46. The van der Waals surface area contributed by atoms with Crippen molar-refractivity contribution in [3.05, 3.63) is 46.5 Å². The molecule has 0 spiro atoms. The third-order valence-electron chi connectivity index (χ3n) is 7.50. The molecule has 3 aliphatic rings. The van der Waals surface area contributed by atoms with Crippen LogP contribution in [0.1, 0.15) is 96.1 Å². The maximum Gasteiger partial charge on any atom is 0.166 e. The second-order valence-electron chi connectivity index (χ2n) is 9.18. The van der Waals surface area contributed by atoms with Crippen LogP contribution in [0.3, 0.4) is 0 Å². The number of hydrogen-bond donors (Lipinski definition) is 0. The minimum atomic E-state index is 0.190. The summed E-state index contributed by atoms with van der Waals surface area (Å²) in [5.41, 5.74) is 4.38. The third kappa shape index (κ3) is 3.02. The third-order valence-corrected chi connectivity index (χ3v) is 7.50. The van der Waals surface area contributed by atoms with Crippen molar-refractivity contribution in [1.82, 2.24) is 0 Å². The lowest BCUT2D eigenvalue weighted by molar-refractivity contribution is 0.0883. The number of Topliss-reactive ketones (excluding diaryl/α,β-unsaturated/α-hetero) is 2. The second kappa shape index (κ2) is 7.46. The first-order valence-electron chi connectivity index (χ1n) is 11.4. The van der Waals surface area contributed by atoms with Crippen LogP contribution in [-0.2, 0) is 12.8 Å². The zero-order valence-electron chi connectivity index (χ0n) is 16.8. The Morgan fingerprint density at radius 1 is 0.643 bits per heavy atom. The molecule has 28 heavy (non-hydrogen) atoms. The molecule has 2 aromatic rings. The fourth-order valence-corrected chi connectivity index (χ4v) is 5.94. The number of hydrogen-bond acceptors (Lipinski definition) is 2. The lowest BCUT2D eigenvalue weighted by Crippen LogP contribution is -2.19. The summed E-state index contributed by atoms with van der Waals surface area (Å²) in [6, 6.07) is 8.34. The van der Waals surface area contributed by atoms with E-state index >= 15 is 0 Å². The quantitative estimate of drug-likeness (QED) is 0.575. The SMILES string of the molecule is O=C(c1ccc2c(C(=O)C3CCCCC3)ccc3c2c1CC3)C1CCCCC1. The zero-order valence-corrected chi connectivity index (χ0v) is 16.8. The van der Waals surface area contributed by atoms with Crippen LogP contribution in [-0.4, -0.2) is 11.6 Å². The van der Waals surface area contributed by atoms with Gasteiger partial charge in [-0.05, 0) is 60.4 Å². The first kappa shape index (κ1) is 18.1. The normalized spacial score (nSPS) is 20.6. The van der Waals surface area contributed by atoms with E-state index < -0.39 is 0 Å². The average molecular weight is 375 g/mol. The van der Waals surface area contributed by atoms with Gasteiger partial charge in [-0.25, -0.2) is 0 Å². The molecule has 0 amide bonds. The van der Waals surface area contributed by atoms with Crippen molar-refractivity contribution in [2.24, 2.45) is 11.8 Å². The lowest BCUT2D eigenvalue weighted by atomic mass is 9.80. The Morgan fingerprint density at radius 3 is 1.86 bits per heavy atom. The standard InChI is InChI=1S/C26H30O2/c27-25(18-7-3-1-4-8-18)22-14-12-17-11-13-20-23(16-15-21(22)24(17)20)26(28)19-9-5-2-6-10-19/h12,14-16,18-19H,1-11,13H2. The molecule has 0 N–H and O–H groups in total. The first-order valence-corrected chi connectivity index (χ1v) is 11.4. The van der Waals surface area contributed by atoms with Crippen LogP contribution in [0.4, 0.5) is 0 Å². The van der Waals surface area contributed by atoms with Gasteiger partial charge in [0.05, 0.1) is 0 Å². The Bertz CT molecular complexity index is 927. The number of aryl methyl sites for hydroxylation is 2. The predicted molar refractivity (Wildman–Crippen MR) is 113 cm³/mol. The van der Waals surface area contributed by atoms with Gasteiger partial charge < -0.3 is 0 Å². The van der Waals surface area contributed by atoms with E-state index in [9.17, 15) is 9.59 Å². The van der Waals surface area contributed by atoms with E-state index in [-0.39, 0.29) is 11.8 Å². The van der Waals surface area contributed by atoms with E-state index in [1.165, 1.54) is 55.0 Å². The maximum absolute atomic E-state index is 13.3. The summed E-state index contributed by atoms with van der Waals surface area (Å²) in [5.74, 6) is 1.08. The van der Waals surface area contributed by atoms with Gasteiger partial charge in [-0.15, -0.1) is 0 Å². The van der Waals surface area contributed by atoms with Crippen molar-refractivity contribution in [3.8, 4) is 0 Å². The van der Waals surface area contributed by atoms with Crippen molar-refractivity contribution in [1.29, 1.82) is 0 Å². The summed E-state index contributed by atoms with van der Waals surface area (Å²) >= 11 is 0. The molecular formula is C26H30O2. The fourth-order valence-electron chi connectivity index (χ4n) is 5.94. The van der Waals surface area contributed by atoms with E-state index in [0.29, 0.717) is 11.6 Å². The van der Waals surface area contributed by atoms with E-state index in [0.717, 1.165) is 55.0 Å². The minimum Gasteiger partial charge on any atom is -0.294 e. The number of ketones is 2. The monoisotopic (exact) mass is 374 g/mol. The van der Waals surface area contributed by atoms with Gasteiger partial charge in [-0.2, -0.15) is 0 Å². The number of benzene rings is 2. The van der Waals surface area contributed by atoms with Gasteiger partial charge >= 0.3 is 0 Å². The van der Waals surface area contributed by atoms with Crippen molar-refractivity contribution in [2.45, 2.75) is 77.0 Å². The molecule has 2 nitrogen and oxygen atoms in total. The van der Waals surface area contributed by atoms with E-state index in [4.69, 9.17) is 0 Å². The topological polar surface area (TPSA) is 34.1 Å². The Balaban J connectivity index is 1.55. The fraction of sp³-hybridized carbons (Fsp3) is 0.538. The molecule has 0 aliphatic heterocycles. The lowest BCUT2D eigenvalue weighted by Gasteiger charge is -2.23. The molecule has 0 bridgehead atoms. The van der Waals surface area contributed by atoms with Crippen molar-refractivity contribution in [2.75, 3.05) is 0 Å². The molecule has 5 rings (SSSR count). The molecule has 0 saturated heterocycles. The van der Waals surface area contributed by atoms with Gasteiger partial charge in [0.2, 0.25) is 0 Å². The molecule has 2 fully saturated rings. The van der Waals surface area contributed by atoms with Gasteiger partial charge in [-0.1, -0.05) is 62.8 Å². The molecule has 2 saturated carbocycles. The largest absolute Gasteiger partial charge is 0.294 e. The average Bonchev–Trinajstić information content (AvgIpc) is 3.20. The minimum absolute atomic E-state index is 0.190. The zero-order chi connectivity index (χ0) is 19.1.